The van der Waals surface area contributed by atoms with Gasteiger partial charge in [-0.25, -0.2) is 5.01 Å². The Balaban J connectivity index is 2.33. The van der Waals surface area contributed by atoms with Crippen LogP contribution in [0.25, 0.3) is 0 Å². The molecule has 0 bridgehead atoms. The van der Waals surface area contributed by atoms with E-state index in [9.17, 15) is 4.79 Å². The van der Waals surface area contributed by atoms with Crippen molar-refractivity contribution in [2.24, 2.45) is 5.10 Å². The van der Waals surface area contributed by atoms with Gasteiger partial charge in [0, 0.05) is 5.71 Å². The Morgan fingerprint density at radius 3 is 2.54 bits per heavy atom. The van der Waals surface area contributed by atoms with Crippen LogP contribution in [0.3, 0.4) is 0 Å². The highest BCUT2D eigenvalue weighted by Gasteiger charge is 2.21. The number of hydrogen-bond acceptors (Lipinski definition) is 2. The van der Waals surface area contributed by atoms with Crippen LogP contribution in [0.5, 0.6) is 0 Å². The van der Waals surface area contributed by atoms with E-state index < -0.39 is 0 Å². The van der Waals surface area contributed by atoms with E-state index >= 15 is 0 Å². The molecule has 1 aliphatic rings. The second kappa shape index (κ2) is 3.01. The third-order valence-corrected chi connectivity index (χ3v) is 1.91. The van der Waals surface area contributed by atoms with Crippen LogP contribution < -0.4 is 5.01 Å². The van der Waals surface area contributed by atoms with Crippen molar-refractivity contribution >= 4 is 17.3 Å². The zero-order valence-corrected chi connectivity index (χ0v) is 7.40. The molecule has 0 saturated heterocycles. The van der Waals surface area contributed by atoms with E-state index in [1.54, 1.807) is 0 Å². The van der Waals surface area contributed by atoms with Crippen LogP contribution >= 0.6 is 0 Å². The maximum Gasteiger partial charge on any atom is 0.253 e. The standard InChI is InChI=1S/C10H10N2O/c1-8-7-10(13)12(11-8)9-5-3-2-4-6-9/h2-6H,7H2,1H3/i11+1,12+1. The van der Waals surface area contributed by atoms with Crippen molar-refractivity contribution in [2.45, 2.75) is 13.3 Å². The molecular formula is C10H10N2O. The minimum absolute atomic E-state index is 0.0451. The Morgan fingerprint density at radius 1 is 1.31 bits per heavy atom. The lowest BCUT2D eigenvalue weighted by Crippen LogP contribution is -2.19. The molecule has 66 valence electrons. The SMILES string of the molecule is CC1=[15N][15N](c2ccccc2)C(=O)C1. The lowest BCUT2D eigenvalue weighted by molar-refractivity contribution is -0.116. The zero-order valence-electron chi connectivity index (χ0n) is 7.40. The van der Waals surface area contributed by atoms with Gasteiger partial charge in [0.15, 0.2) is 0 Å². The molecule has 0 saturated carbocycles. The van der Waals surface area contributed by atoms with Gasteiger partial charge in [-0.15, -0.1) is 0 Å². The Kier molecular flexibility index (Phi) is 1.85. The summed E-state index contributed by atoms with van der Waals surface area (Å²) in [6.45, 7) is 1.86. The smallest absolute Gasteiger partial charge is 0.253 e. The maximum absolute atomic E-state index is 11.4. The second-order valence-corrected chi connectivity index (χ2v) is 3.05. The summed E-state index contributed by atoms with van der Waals surface area (Å²) < 4.78 is 0. The quantitative estimate of drug-likeness (QED) is 0.600. The largest absolute Gasteiger partial charge is 0.272 e. The molecule has 0 unspecified atom stereocenters. The molecule has 13 heavy (non-hydrogen) atoms. The fraction of sp³-hybridized carbons (Fsp3) is 0.200. The summed E-state index contributed by atoms with van der Waals surface area (Å²) in [5, 5.41) is 5.59. The van der Waals surface area contributed by atoms with Crippen molar-refractivity contribution in [3.05, 3.63) is 30.3 Å². The molecule has 1 amide bonds. The predicted octanol–water partition coefficient (Wildman–Crippen LogP) is 1.80. The predicted molar refractivity (Wildman–Crippen MR) is 51.7 cm³/mol. The molecule has 0 aromatic heterocycles. The number of rotatable bonds is 1. The zero-order chi connectivity index (χ0) is 9.26. The minimum Gasteiger partial charge on any atom is -0.272 e. The van der Waals surface area contributed by atoms with Crippen LogP contribution in [0.1, 0.15) is 13.3 Å². The molecule has 3 nitrogen and oxygen atoms in total. The van der Waals surface area contributed by atoms with Gasteiger partial charge in [0.05, 0.1) is 12.1 Å². The molecule has 1 aromatic carbocycles. The topological polar surface area (TPSA) is 32.7 Å². The molecule has 0 N–H and O–H groups in total. The van der Waals surface area contributed by atoms with E-state index in [4.69, 9.17) is 0 Å². The minimum atomic E-state index is 0.0451. The van der Waals surface area contributed by atoms with Gasteiger partial charge in [-0.2, -0.15) is 5.10 Å². The Bertz CT molecular complexity index is 356. The molecule has 1 aromatic rings. The summed E-state index contributed by atoms with van der Waals surface area (Å²) in [6, 6.07) is 9.46. The van der Waals surface area contributed by atoms with Crippen molar-refractivity contribution in [3.63, 3.8) is 0 Å². The van der Waals surface area contributed by atoms with Gasteiger partial charge in [0.25, 0.3) is 5.91 Å². The number of hydrazone groups is 1. The van der Waals surface area contributed by atoms with E-state index in [2.05, 4.69) is 5.10 Å². The van der Waals surface area contributed by atoms with E-state index in [0.29, 0.717) is 6.42 Å². The van der Waals surface area contributed by atoms with Crippen molar-refractivity contribution < 1.29 is 4.79 Å². The summed E-state index contributed by atoms with van der Waals surface area (Å²) in [4.78, 5) is 11.4. The molecule has 0 radical (unpaired) electrons. The van der Waals surface area contributed by atoms with Crippen LogP contribution in [-0.4, -0.2) is 11.6 Å². The van der Waals surface area contributed by atoms with Crippen molar-refractivity contribution in [1.82, 2.24) is 0 Å². The first-order valence-electron chi connectivity index (χ1n) is 4.19. The van der Waals surface area contributed by atoms with Gasteiger partial charge in [0.2, 0.25) is 0 Å². The summed E-state index contributed by atoms with van der Waals surface area (Å²) in [5.41, 5.74) is 1.71. The molecule has 3 heteroatoms. The summed E-state index contributed by atoms with van der Waals surface area (Å²) in [7, 11) is 0. The van der Waals surface area contributed by atoms with Crippen molar-refractivity contribution in [1.29, 1.82) is 0 Å². The first-order valence-corrected chi connectivity index (χ1v) is 4.19. The average Bonchev–Trinajstić information content (AvgIpc) is 2.47. The highest BCUT2D eigenvalue weighted by atomic mass is 16.4. The molecule has 1 heterocycles. The fourth-order valence-electron chi connectivity index (χ4n) is 1.33. The third kappa shape index (κ3) is 1.45. The molecule has 0 spiro atoms. The lowest BCUT2D eigenvalue weighted by atomic mass is 10.3. The molecule has 1 aliphatic heterocycles. The second-order valence-electron chi connectivity index (χ2n) is 3.05. The van der Waals surface area contributed by atoms with E-state index in [-0.39, 0.29) is 5.91 Å². The molecule has 0 fully saturated rings. The highest BCUT2D eigenvalue weighted by Crippen LogP contribution is 2.19. The molecule has 0 atom stereocenters. The van der Waals surface area contributed by atoms with E-state index in [1.165, 1.54) is 5.01 Å². The summed E-state index contributed by atoms with van der Waals surface area (Å²) >= 11 is 0. The fourth-order valence-corrected chi connectivity index (χ4v) is 1.33. The number of hydrogen-bond donors (Lipinski definition) is 0. The van der Waals surface area contributed by atoms with E-state index in [1.807, 2.05) is 37.3 Å². The molecule has 2 rings (SSSR count). The summed E-state index contributed by atoms with van der Waals surface area (Å²) in [5.74, 6) is 0.0451. The van der Waals surface area contributed by atoms with E-state index in [0.717, 1.165) is 11.4 Å². The Labute approximate surface area is 76.7 Å². The van der Waals surface area contributed by atoms with Gasteiger partial charge in [0.1, 0.15) is 0 Å². The number of carbonyl (C=O) groups excluding carboxylic acids is 1. The van der Waals surface area contributed by atoms with Gasteiger partial charge in [-0.05, 0) is 19.1 Å². The molecule has 0 aliphatic carbocycles. The van der Waals surface area contributed by atoms with Crippen molar-refractivity contribution in [3.8, 4) is 0 Å². The first-order chi connectivity index (χ1) is 6.27. The van der Waals surface area contributed by atoms with Gasteiger partial charge in [-0.3, -0.25) is 4.79 Å². The van der Waals surface area contributed by atoms with Gasteiger partial charge in [-0.1, -0.05) is 18.2 Å². The first kappa shape index (κ1) is 7.98. The number of para-hydroxylation sites is 1. The number of amides is 1. The van der Waals surface area contributed by atoms with Crippen LogP contribution in [0.4, 0.5) is 5.69 Å². The number of benzene rings is 1. The van der Waals surface area contributed by atoms with Gasteiger partial charge < -0.3 is 0 Å². The third-order valence-electron chi connectivity index (χ3n) is 1.91. The van der Waals surface area contributed by atoms with Crippen molar-refractivity contribution in [2.75, 3.05) is 5.01 Å². The maximum atomic E-state index is 11.4. The number of carbonyl (C=O) groups is 1. The average molecular weight is 176 g/mol. The van der Waals surface area contributed by atoms with Crippen LogP contribution in [0, 0.1) is 0 Å². The Hall–Kier alpha value is -1.64. The van der Waals surface area contributed by atoms with Crippen LogP contribution in [0.15, 0.2) is 35.4 Å². The Morgan fingerprint density at radius 2 is 2.00 bits per heavy atom. The highest BCUT2D eigenvalue weighted by molar-refractivity contribution is 6.12. The van der Waals surface area contributed by atoms with Gasteiger partial charge >= 0.3 is 0 Å². The summed E-state index contributed by atoms with van der Waals surface area (Å²) in [6.07, 6.45) is 0.439. The number of nitrogens with zero attached hydrogens (tertiary/aromatic N) is 2. The van der Waals surface area contributed by atoms with Crippen LogP contribution in [0.2, 0.25) is 0 Å². The number of anilines is 1. The monoisotopic (exact) mass is 176 g/mol. The van der Waals surface area contributed by atoms with Crippen LogP contribution in [-0.2, 0) is 4.79 Å². The lowest BCUT2D eigenvalue weighted by Gasteiger charge is -2.10. The normalized spacial score (nSPS) is 16.2. The molecular weight excluding hydrogens is 166 g/mol.